The number of aryl methyl sites for hydroxylation is 1. The fourth-order valence-corrected chi connectivity index (χ4v) is 3.47. The summed E-state index contributed by atoms with van der Waals surface area (Å²) in [6.07, 6.45) is -2.03. The minimum Gasteiger partial charge on any atom is -0.371 e. The zero-order valence-electron chi connectivity index (χ0n) is 16.6. The number of ether oxygens (including phenoxy) is 1. The summed E-state index contributed by atoms with van der Waals surface area (Å²) in [5.41, 5.74) is 1.40. The first-order chi connectivity index (χ1) is 14.8. The lowest BCUT2D eigenvalue weighted by molar-refractivity contribution is -0.140. The van der Waals surface area contributed by atoms with E-state index in [1.807, 2.05) is 12.1 Å². The highest BCUT2D eigenvalue weighted by atomic mass is 35.5. The highest BCUT2D eigenvalue weighted by Crippen LogP contribution is 2.31. The van der Waals surface area contributed by atoms with Crippen molar-refractivity contribution >= 4 is 17.4 Å². The predicted molar refractivity (Wildman–Crippen MR) is 110 cm³/mol. The molecular formula is C20H20ClF3N6O. The van der Waals surface area contributed by atoms with Gasteiger partial charge in [-0.15, -0.1) is 0 Å². The van der Waals surface area contributed by atoms with Crippen LogP contribution in [0.25, 0.3) is 11.4 Å². The van der Waals surface area contributed by atoms with Gasteiger partial charge >= 0.3 is 6.18 Å². The first-order valence-corrected chi connectivity index (χ1v) is 9.97. The summed E-state index contributed by atoms with van der Waals surface area (Å²) in [7, 11) is 1.54. The van der Waals surface area contributed by atoms with Gasteiger partial charge in [0, 0.05) is 50.2 Å². The van der Waals surface area contributed by atoms with Gasteiger partial charge in [-0.25, -0.2) is 15.0 Å². The molecule has 4 rings (SSSR count). The van der Waals surface area contributed by atoms with Gasteiger partial charge in [-0.05, 0) is 17.2 Å². The monoisotopic (exact) mass is 452 g/mol. The molecule has 2 N–H and O–H groups in total. The quantitative estimate of drug-likeness (QED) is 0.573. The molecule has 0 radical (unpaired) electrons. The van der Waals surface area contributed by atoms with Crippen LogP contribution in [0.4, 0.5) is 19.0 Å². The van der Waals surface area contributed by atoms with Gasteiger partial charge < -0.3 is 19.9 Å². The molecule has 0 amide bonds. The number of aromatic nitrogens is 4. The molecule has 3 aromatic rings. The molecule has 1 aromatic carbocycles. The van der Waals surface area contributed by atoms with Crippen molar-refractivity contribution in [2.75, 3.05) is 25.0 Å². The number of nitrogens with zero attached hydrogens (tertiary/aromatic N) is 4. The fraction of sp³-hybridized carbons (Fsp3) is 0.350. The fourth-order valence-electron chi connectivity index (χ4n) is 3.34. The average Bonchev–Trinajstić information content (AvgIpc) is 3.15. The number of rotatable bonds is 5. The summed E-state index contributed by atoms with van der Waals surface area (Å²) in [5.74, 6) is 0.829. The first kappa shape index (κ1) is 21.5. The van der Waals surface area contributed by atoms with Crippen LogP contribution in [-0.2, 0) is 24.5 Å². The van der Waals surface area contributed by atoms with Gasteiger partial charge in [0.05, 0.1) is 6.61 Å². The Morgan fingerprint density at radius 1 is 1.26 bits per heavy atom. The predicted octanol–water partition coefficient (Wildman–Crippen LogP) is 3.82. The number of imidazole rings is 1. The molecule has 3 heterocycles. The second kappa shape index (κ2) is 8.81. The maximum atomic E-state index is 12.9. The summed E-state index contributed by atoms with van der Waals surface area (Å²) in [6.45, 7) is 2.48. The summed E-state index contributed by atoms with van der Waals surface area (Å²) >= 11 is 5.97. The molecule has 1 aliphatic rings. The number of alkyl halides is 3. The highest BCUT2D eigenvalue weighted by Gasteiger charge is 2.34. The highest BCUT2D eigenvalue weighted by molar-refractivity contribution is 6.28. The Morgan fingerprint density at radius 3 is 2.68 bits per heavy atom. The van der Waals surface area contributed by atoms with Gasteiger partial charge in [0.15, 0.2) is 5.69 Å². The molecule has 11 heteroatoms. The normalized spacial score (nSPS) is 17.0. The Hall–Kier alpha value is -2.69. The van der Waals surface area contributed by atoms with E-state index in [9.17, 15) is 13.2 Å². The largest absolute Gasteiger partial charge is 0.434 e. The van der Waals surface area contributed by atoms with E-state index >= 15 is 0 Å². The standard InChI is InChI=1S/C20H20ClF3N6O/c1-30-11-16(20(22,23)24)28-18(30)13-4-2-12(3-5-13)8-26-17-14(9-27-19(21)29-17)15-10-25-6-7-31-15/h2-5,9,11,15,25H,6-8,10H2,1H3,(H,26,27,29). The van der Waals surface area contributed by atoms with Crippen LogP contribution < -0.4 is 10.6 Å². The molecule has 1 saturated heterocycles. The van der Waals surface area contributed by atoms with E-state index in [1.165, 1.54) is 11.6 Å². The van der Waals surface area contributed by atoms with Crippen LogP contribution in [0.15, 0.2) is 36.7 Å². The third-order valence-electron chi connectivity index (χ3n) is 4.90. The molecular weight excluding hydrogens is 433 g/mol. The number of morpholine rings is 1. The average molecular weight is 453 g/mol. The molecule has 0 aliphatic carbocycles. The Kier molecular flexibility index (Phi) is 6.12. The molecule has 0 bridgehead atoms. The summed E-state index contributed by atoms with van der Waals surface area (Å²) in [4.78, 5) is 12.1. The van der Waals surface area contributed by atoms with Gasteiger partial charge in [-0.3, -0.25) is 0 Å². The van der Waals surface area contributed by atoms with Gasteiger partial charge in [-0.2, -0.15) is 13.2 Å². The number of hydrogen-bond acceptors (Lipinski definition) is 6. The van der Waals surface area contributed by atoms with E-state index in [2.05, 4.69) is 25.6 Å². The lowest BCUT2D eigenvalue weighted by Crippen LogP contribution is -2.33. The molecule has 1 atom stereocenters. The van der Waals surface area contributed by atoms with E-state index in [0.717, 1.165) is 23.9 Å². The van der Waals surface area contributed by atoms with Crippen molar-refractivity contribution in [2.45, 2.75) is 18.8 Å². The number of hydrogen-bond donors (Lipinski definition) is 2. The lowest BCUT2D eigenvalue weighted by Gasteiger charge is -2.25. The number of nitrogens with one attached hydrogen (secondary N) is 2. The third-order valence-corrected chi connectivity index (χ3v) is 5.08. The summed E-state index contributed by atoms with van der Waals surface area (Å²) in [5, 5.41) is 6.64. The molecule has 0 spiro atoms. The number of halogens is 4. The smallest absolute Gasteiger partial charge is 0.371 e. The topological polar surface area (TPSA) is 76.9 Å². The molecule has 31 heavy (non-hydrogen) atoms. The Balaban J connectivity index is 1.48. The van der Waals surface area contributed by atoms with E-state index < -0.39 is 11.9 Å². The van der Waals surface area contributed by atoms with Crippen LogP contribution in [-0.4, -0.2) is 39.2 Å². The Bertz CT molecular complexity index is 1050. The van der Waals surface area contributed by atoms with Crippen molar-refractivity contribution in [3.63, 3.8) is 0 Å². The molecule has 7 nitrogen and oxygen atoms in total. The zero-order chi connectivity index (χ0) is 22.0. The number of benzene rings is 1. The van der Waals surface area contributed by atoms with Gasteiger partial charge in [0.1, 0.15) is 17.7 Å². The molecule has 1 fully saturated rings. The van der Waals surface area contributed by atoms with Crippen molar-refractivity contribution in [1.29, 1.82) is 0 Å². The summed E-state index contributed by atoms with van der Waals surface area (Å²) in [6, 6.07) is 7.12. The third kappa shape index (κ3) is 4.97. The van der Waals surface area contributed by atoms with E-state index in [1.54, 1.807) is 18.3 Å². The zero-order valence-corrected chi connectivity index (χ0v) is 17.3. The van der Waals surface area contributed by atoms with Crippen LogP contribution in [0.1, 0.15) is 22.9 Å². The van der Waals surface area contributed by atoms with Crippen molar-refractivity contribution in [3.8, 4) is 11.4 Å². The number of anilines is 1. The first-order valence-electron chi connectivity index (χ1n) is 9.60. The molecule has 164 valence electrons. The van der Waals surface area contributed by atoms with Crippen LogP contribution in [0.2, 0.25) is 5.28 Å². The van der Waals surface area contributed by atoms with E-state index in [-0.39, 0.29) is 17.2 Å². The molecule has 2 aromatic heterocycles. The SMILES string of the molecule is Cn1cc(C(F)(F)F)nc1-c1ccc(CNc2nc(Cl)ncc2C2CNCCO2)cc1. The molecule has 0 saturated carbocycles. The van der Waals surface area contributed by atoms with Crippen molar-refractivity contribution in [1.82, 2.24) is 24.8 Å². The second-order valence-corrected chi connectivity index (χ2v) is 7.45. The van der Waals surface area contributed by atoms with Gasteiger partial charge in [0.2, 0.25) is 5.28 Å². The van der Waals surface area contributed by atoms with Crippen molar-refractivity contribution < 1.29 is 17.9 Å². The minimum atomic E-state index is -4.48. The van der Waals surface area contributed by atoms with Crippen LogP contribution >= 0.6 is 11.6 Å². The minimum absolute atomic E-state index is 0.126. The van der Waals surface area contributed by atoms with Crippen LogP contribution in [0.5, 0.6) is 0 Å². The maximum absolute atomic E-state index is 12.9. The van der Waals surface area contributed by atoms with Crippen molar-refractivity contribution in [3.05, 3.63) is 58.8 Å². The van der Waals surface area contributed by atoms with Gasteiger partial charge in [-0.1, -0.05) is 24.3 Å². The van der Waals surface area contributed by atoms with E-state index in [0.29, 0.717) is 31.1 Å². The molecule has 1 unspecified atom stereocenters. The Morgan fingerprint density at radius 2 is 2.03 bits per heavy atom. The van der Waals surface area contributed by atoms with Crippen LogP contribution in [0.3, 0.4) is 0 Å². The summed E-state index contributed by atoms with van der Waals surface area (Å²) < 4.78 is 45.9. The van der Waals surface area contributed by atoms with Crippen molar-refractivity contribution in [2.24, 2.45) is 7.05 Å². The van der Waals surface area contributed by atoms with Gasteiger partial charge in [0.25, 0.3) is 0 Å². The maximum Gasteiger partial charge on any atom is 0.434 e. The molecule has 1 aliphatic heterocycles. The Labute approximate surface area is 181 Å². The lowest BCUT2D eigenvalue weighted by atomic mass is 10.1. The second-order valence-electron chi connectivity index (χ2n) is 7.12. The van der Waals surface area contributed by atoms with E-state index in [4.69, 9.17) is 16.3 Å². The van der Waals surface area contributed by atoms with Crippen LogP contribution in [0, 0.1) is 0 Å².